The van der Waals surface area contributed by atoms with E-state index >= 15 is 4.39 Å². The highest BCUT2D eigenvalue weighted by Gasteiger charge is 2.28. The second-order valence-corrected chi connectivity index (χ2v) is 8.07. The Morgan fingerprint density at radius 1 is 1.23 bits per heavy atom. The van der Waals surface area contributed by atoms with E-state index in [0.717, 1.165) is 13.1 Å². The number of pyridine rings is 1. The first-order chi connectivity index (χ1) is 14.8. The molecule has 1 N–H and O–H groups in total. The maximum atomic E-state index is 15.3. The van der Waals surface area contributed by atoms with Crippen LogP contribution in [-0.2, 0) is 7.05 Å². The maximum absolute atomic E-state index is 15.3. The number of ether oxygens (including phenoxy) is 1. The van der Waals surface area contributed by atoms with E-state index in [0.29, 0.717) is 41.2 Å². The van der Waals surface area contributed by atoms with E-state index in [1.54, 1.807) is 24.2 Å². The topological polar surface area (TPSA) is 83.5 Å². The van der Waals surface area contributed by atoms with Gasteiger partial charge in [0.25, 0.3) is 11.5 Å². The minimum Gasteiger partial charge on any atom is -0.496 e. The van der Waals surface area contributed by atoms with Gasteiger partial charge in [-0.05, 0) is 31.5 Å². The van der Waals surface area contributed by atoms with Crippen LogP contribution in [0.4, 0.5) is 4.39 Å². The minimum atomic E-state index is -0.656. The number of benzene rings is 1. The van der Waals surface area contributed by atoms with Crippen molar-refractivity contribution < 1.29 is 13.9 Å². The molecular weight excluding hydrogens is 401 g/mol. The number of piperazine rings is 1. The second-order valence-electron chi connectivity index (χ2n) is 8.07. The molecule has 1 saturated heterocycles. The van der Waals surface area contributed by atoms with Crippen LogP contribution in [0.2, 0.25) is 0 Å². The molecule has 1 amide bonds. The number of fused-ring (bicyclic) bond motifs is 1. The lowest BCUT2D eigenvalue weighted by Gasteiger charge is -2.37. The summed E-state index contributed by atoms with van der Waals surface area (Å²) < 4.78 is 22.1. The quantitative estimate of drug-likeness (QED) is 0.691. The molecule has 1 fully saturated rings. The third-order valence-corrected chi connectivity index (χ3v) is 5.92. The molecule has 2 aromatic heterocycles. The zero-order valence-electron chi connectivity index (χ0n) is 18.1. The van der Waals surface area contributed by atoms with Crippen molar-refractivity contribution in [1.82, 2.24) is 24.6 Å². The van der Waals surface area contributed by atoms with E-state index in [4.69, 9.17) is 4.74 Å². The van der Waals surface area contributed by atoms with Gasteiger partial charge in [-0.25, -0.2) is 4.39 Å². The number of carbonyl (C=O) groups excluding carboxylic acids is 1. The number of H-pyrrole nitrogens is 1. The summed E-state index contributed by atoms with van der Waals surface area (Å²) in [5.74, 6) is -0.869. The Morgan fingerprint density at radius 2 is 1.94 bits per heavy atom. The lowest BCUT2D eigenvalue weighted by molar-refractivity contribution is 0.0588. The lowest BCUT2D eigenvalue weighted by Crippen LogP contribution is -2.50. The van der Waals surface area contributed by atoms with Gasteiger partial charge in [0.15, 0.2) is 0 Å². The molecule has 164 valence electrons. The third kappa shape index (κ3) is 3.69. The van der Waals surface area contributed by atoms with Gasteiger partial charge >= 0.3 is 0 Å². The molecule has 0 unspecified atom stereocenters. The van der Waals surface area contributed by atoms with Crippen molar-refractivity contribution in [2.45, 2.75) is 19.9 Å². The van der Waals surface area contributed by atoms with Crippen molar-refractivity contribution in [2.75, 3.05) is 33.3 Å². The van der Waals surface area contributed by atoms with Gasteiger partial charge in [0.1, 0.15) is 22.6 Å². The largest absolute Gasteiger partial charge is 0.496 e. The van der Waals surface area contributed by atoms with Crippen molar-refractivity contribution in [3.63, 3.8) is 0 Å². The van der Waals surface area contributed by atoms with Gasteiger partial charge in [-0.3, -0.25) is 19.6 Å². The van der Waals surface area contributed by atoms with E-state index in [2.05, 4.69) is 28.9 Å². The predicted molar refractivity (Wildman–Crippen MR) is 116 cm³/mol. The van der Waals surface area contributed by atoms with Crippen molar-refractivity contribution in [2.24, 2.45) is 7.05 Å². The number of carbonyl (C=O) groups is 1. The van der Waals surface area contributed by atoms with Gasteiger partial charge in [-0.1, -0.05) is 0 Å². The van der Waals surface area contributed by atoms with Crippen molar-refractivity contribution in [1.29, 1.82) is 0 Å². The smallest absolute Gasteiger partial charge is 0.276 e. The number of methoxy groups -OCH3 is 1. The van der Waals surface area contributed by atoms with Crippen LogP contribution in [0.5, 0.6) is 5.75 Å². The monoisotopic (exact) mass is 427 g/mol. The molecular formula is C22H26FN5O3. The average Bonchev–Trinajstić information content (AvgIpc) is 3.25. The minimum absolute atomic E-state index is 0.0718. The number of halogens is 1. The van der Waals surface area contributed by atoms with Crippen LogP contribution in [0.3, 0.4) is 0 Å². The Labute approximate surface area is 179 Å². The molecule has 8 nitrogen and oxygen atoms in total. The summed E-state index contributed by atoms with van der Waals surface area (Å²) >= 11 is 0. The fraction of sp³-hybridized carbons (Fsp3) is 0.409. The number of nitrogens with one attached hydrogen (secondary N) is 1. The number of aromatic amines is 1. The van der Waals surface area contributed by atoms with Gasteiger partial charge in [0.05, 0.1) is 13.3 Å². The summed E-state index contributed by atoms with van der Waals surface area (Å²) in [6, 6.07) is 3.35. The summed E-state index contributed by atoms with van der Waals surface area (Å²) in [7, 11) is 3.04. The molecule has 4 rings (SSSR count). The Kier molecular flexibility index (Phi) is 5.53. The Balaban J connectivity index is 1.72. The summed E-state index contributed by atoms with van der Waals surface area (Å²) in [5, 5.41) is 7.22. The highest BCUT2D eigenvalue weighted by molar-refractivity contribution is 5.99. The highest BCUT2D eigenvalue weighted by atomic mass is 19.1. The number of aryl methyl sites for hydroxylation is 1. The first-order valence-electron chi connectivity index (χ1n) is 10.3. The molecule has 3 heterocycles. The van der Waals surface area contributed by atoms with Crippen LogP contribution >= 0.6 is 0 Å². The van der Waals surface area contributed by atoms with Crippen molar-refractivity contribution in [3.8, 4) is 16.9 Å². The number of hydrogen-bond acceptors (Lipinski definition) is 5. The molecule has 3 aromatic rings. The zero-order valence-corrected chi connectivity index (χ0v) is 18.1. The normalized spacial score (nSPS) is 15.1. The van der Waals surface area contributed by atoms with Gasteiger partial charge in [0.2, 0.25) is 0 Å². The fourth-order valence-corrected chi connectivity index (χ4v) is 4.09. The van der Waals surface area contributed by atoms with Gasteiger partial charge < -0.3 is 14.2 Å². The van der Waals surface area contributed by atoms with E-state index in [9.17, 15) is 9.59 Å². The van der Waals surface area contributed by atoms with Crippen LogP contribution in [-0.4, -0.2) is 69.8 Å². The molecule has 31 heavy (non-hydrogen) atoms. The summed E-state index contributed by atoms with van der Waals surface area (Å²) in [6.07, 6.45) is 3.16. The average molecular weight is 427 g/mol. The third-order valence-electron chi connectivity index (χ3n) is 5.92. The van der Waals surface area contributed by atoms with Crippen LogP contribution in [0.1, 0.15) is 24.2 Å². The SMILES string of the molecule is COc1cc(-c2cn(C)c(=O)c3[nH]ncc23)cc(F)c1C(=O)N1CCN(C(C)C)CC1. The van der Waals surface area contributed by atoms with E-state index in [1.807, 2.05) is 0 Å². The molecule has 0 atom stereocenters. The molecule has 0 spiro atoms. The fourth-order valence-electron chi connectivity index (χ4n) is 4.09. The number of hydrogen-bond donors (Lipinski definition) is 1. The molecule has 0 saturated carbocycles. The molecule has 9 heteroatoms. The van der Waals surface area contributed by atoms with E-state index in [1.165, 1.54) is 23.9 Å². The van der Waals surface area contributed by atoms with Gasteiger partial charge in [-0.15, -0.1) is 0 Å². The number of rotatable bonds is 4. The van der Waals surface area contributed by atoms with E-state index in [-0.39, 0.29) is 22.8 Å². The molecule has 1 aromatic carbocycles. The predicted octanol–water partition coefficient (Wildman–Crippen LogP) is 2.24. The summed E-state index contributed by atoms with van der Waals surface area (Å²) in [5.41, 5.74) is 1.15. The van der Waals surface area contributed by atoms with E-state index < -0.39 is 5.82 Å². The first-order valence-corrected chi connectivity index (χ1v) is 10.3. The van der Waals surface area contributed by atoms with Crippen molar-refractivity contribution >= 4 is 16.8 Å². The maximum Gasteiger partial charge on any atom is 0.276 e. The molecule has 0 bridgehead atoms. The molecule has 0 radical (unpaired) electrons. The van der Waals surface area contributed by atoms with Gasteiger partial charge in [-0.2, -0.15) is 5.10 Å². The Bertz CT molecular complexity index is 1190. The molecule has 1 aliphatic heterocycles. The Hall–Kier alpha value is -3.20. The molecule has 0 aliphatic carbocycles. The van der Waals surface area contributed by atoms with Gasteiger partial charge in [0, 0.05) is 56.4 Å². The molecule has 1 aliphatic rings. The van der Waals surface area contributed by atoms with Crippen LogP contribution < -0.4 is 10.3 Å². The second kappa shape index (κ2) is 8.14. The number of amides is 1. The van der Waals surface area contributed by atoms with Crippen LogP contribution in [0, 0.1) is 5.82 Å². The lowest BCUT2D eigenvalue weighted by atomic mass is 10.0. The summed E-state index contributed by atoms with van der Waals surface area (Å²) in [6.45, 7) is 6.82. The van der Waals surface area contributed by atoms with Crippen molar-refractivity contribution in [3.05, 3.63) is 46.3 Å². The number of nitrogens with zero attached hydrogens (tertiary/aromatic N) is 4. The first kappa shape index (κ1) is 21.0. The summed E-state index contributed by atoms with van der Waals surface area (Å²) in [4.78, 5) is 29.4. The number of aromatic nitrogens is 3. The zero-order chi connectivity index (χ0) is 22.3. The van der Waals surface area contributed by atoms with Crippen LogP contribution in [0.25, 0.3) is 22.0 Å². The highest BCUT2D eigenvalue weighted by Crippen LogP contribution is 2.33. The van der Waals surface area contributed by atoms with Crippen LogP contribution in [0.15, 0.2) is 29.3 Å². The Morgan fingerprint density at radius 3 is 2.58 bits per heavy atom. The standard InChI is InChI=1S/C22H26FN5O3/c1-13(2)27-5-7-28(8-6-27)21(29)19-17(23)9-14(10-18(19)31-4)16-12-26(3)22(30)20-15(16)11-24-25-20/h9-13H,5-8H2,1-4H3,(H,24,25).